The number of hydrogen-bond acceptors (Lipinski definition) is 5. The van der Waals surface area contributed by atoms with E-state index in [2.05, 4.69) is 15.6 Å². The molecule has 1 aliphatic carbocycles. The maximum absolute atomic E-state index is 14.2. The Morgan fingerprint density at radius 2 is 1.50 bits per heavy atom. The SMILES string of the molecule is N=C(N)c1ccc(CC(C(=O)N[C@@H](CC2CCCCC2)C(=O)N[C@@H](CCCN=C(N)N)C(N)=O)c2ccc3ccccc3c2)cc1. The average molecular weight is 627 g/mol. The number of benzene rings is 3. The molecule has 3 aromatic rings. The summed E-state index contributed by atoms with van der Waals surface area (Å²) in [6.45, 7) is 0.297. The zero-order valence-electron chi connectivity index (χ0n) is 26.2. The van der Waals surface area contributed by atoms with Crippen molar-refractivity contribution < 1.29 is 14.4 Å². The number of amides is 3. The Labute approximate surface area is 270 Å². The van der Waals surface area contributed by atoms with Crippen LogP contribution in [0.4, 0.5) is 0 Å². The first-order valence-electron chi connectivity index (χ1n) is 16.0. The van der Waals surface area contributed by atoms with Crippen LogP contribution in [0.25, 0.3) is 10.8 Å². The number of nitrogens with two attached hydrogens (primary N) is 4. The van der Waals surface area contributed by atoms with Gasteiger partial charge in [0.1, 0.15) is 17.9 Å². The standard InChI is InChI=1S/C35H46N8O3/c36-31(37)25-14-12-23(13-15-25)19-28(27-17-16-24-9-4-5-10-26(24)21-27)33(45)43-30(20-22-7-2-1-3-8-22)34(46)42-29(32(38)44)11-6-18-41-35(39)40/h4-5,9-10,12-17,21-22,28-30H,1-3,6-8,11,18-20H2,(H3,36,37)(H2,38,44)(H,42,46)(H,43,45)(H4,39,40,41)/t28?,29-,30-/m0/s1. The number of rotatable bonds is 15. The molecule has 0 aliphatic heterocycles. The summed E-state index contributed by atoms with van der Waals surface area (Å²) in [6, 6.07) is 19.4. The zero-order chi connectivity index (χ0) is 33.1. The van der Waals surface area contributed by atoms with E-state index >= 15 is 0 Å². The Balaban J connectivity index is 1.60. The lowest BCUT2D eigenvalue weighted by molar-refractivity contribution is -0.132. The number of amidine groups is 1. The highest BCUT2D eigenvalue weighted by atomic mass is 16.2. The Hall–Kier alpha value is -4.93. The summed E-state index contributed by atoms with van der Waals surface area (Å²) >= 11 is 0. The van der Waals surface area contributed by atoms with Crippen molar-refractivity contribution in [3.63, 3.8) is 0 Å². The zero-order valence-corrected chi connectivity index (χ0v) is 26.2. The van der Waals surface area contributed by atoms with Crippen LogP contribution >= 0.6 is 0 Å². The summed E-state index contributed by atoms with van der Waals surface area (Å²) in [5.41, 5.74) is 24.4. The molecule has 0 bridgehead atoms. The second-order valence-electron chi connectivity index (χ2n) is 12.2. The van der Waals surface area contributed by atoms with Gasteiger partial charge in [-0.25, -0.2) is 0 Å². The molecule has 3 atom stereocenters. The first-order valence-corrected chi connectivity index (χ1v) is 16.0. The van der Waals surface area contributed by atoms with Crippen LogP contribution in [0.15, 0.2) is 71.7 Å². The quantitative estimate of drug-likeness (QED) is 0.0764. The van der Waals surface area contributed by atoms with Crippen LogP contribution in [0.3, 0.4) is 0 Å². The highest BCUT2D eigenvalue weighted by molar-refractivity contribution is 5.95. The van der Waals surface area contributed by atoms with E-state index in [-0.39, 0.29) is 30.0 Å². The lowest BCUT2D eigenvalue weighted by Crippen LogP contribution is -2.54. The molecule has 1 unspecified atom stereocenters. The maximum atomic E-state index is 14.2. The Morgan fingerprint density at radius 3 is 2.15 bits per heavy atom. The number of hydrogen-bond donors (Lipinski definition) is 7. The summed E-state index contributed by atoms with van der Waals surface area (Å²) in [5, 5.41) is 15.7. The molecule has 4 rings (SSSR count). The molecule has 0 aromatic heterocycles. The maximum Gasteiger partial charge on any atom is 0.243 e. The van der Waals surface area contributed by atoms with E-state index in [1.807, 2.05) is 54.6 Å². The largest absolute Gasteiger partial charge is 0.384 e. The first kappa shape index (κ1) is 34.0. The van der Waals surface area contributed by atoms with Gasteiger partial charge in [-0.15, -0.1) is 0 Å². The molecule has 0 saturated heterocycles. The molecule has 244 valence electrons. The van der Waals surface area contributed by atoms with Crippen LogP contribution < -0.4 is 33.6 Å². The Kier molecular flexibility index (Phi) is 12.1. The number of fused-ring (bicyclic) bond motifs is 1. The second kappa shape index (κ2) is 16.4. The molecule has 1 saturated carbocycles. The molecule has 11 heteroatoms. The number of nitrogen functional groups attached to an aromatic ring is 1. The number of nitrogens with one attached hydrogen (secondary N) is 3. The van der Waals surface area contributed by atoms with E-state index in [0.717, 1.165) is 54.0 Å². The van der Waals surface area contributed by atoms with Gasteiger partial charge in [0.2, 0.25) is 17.7 Å². The van der Waals surface area contributed by atoms with Gasteiger partial charge in [-0.2, -0.15) is 0 Å². The number of carbonyl (C=O) groups is 3. The van der Waals surface area contributed by atoms with Crippen molar-refractivity contribution in [1.82, 2.24) is 10.6 Å². The second-order valence-corrected chi connectivity index (χ2v) is 12.2. The van der Waals surface area contributed by atoms with Gasteiger partial charge < -0.3 is 33.6 Å². The molecule has 46 heavy (non-hydrogen) atoms. The monoisotopic (exact) mass is 626 g/mol. The normalized spacial score (nSPS) is 15.3. The van der Waals surface area contributed by atoms with Crippen LogP contribution in [0.2, 0.25) is 0 Å². The van der Waals surface area contributed by atoms with Gasteiger partial charge in [-0.3, -0.25) is 24.8 Å². The molecule has 0 heterocycles. The average Bonchev–Trinajstić information content (AvgIpc) is 3.04. The van der Waals surface area contributed by atoms with Gasteiger partial charge in [-0.05, 0) is 53.5 Å². The van der Waals surface area contributed by atoms with Crippen molar-refractivity contribution in [3.05, 3.63) is 83.4 Å². The van der Waals surface area contributed by atoms with Crippen molar-refractivity contribution >= 4 is 40.3 Å². The van der Waals surface area contributed by atoms with Gasteiger partial charge in [0, 0.05) is 12.1 Å². The number of aliphatic imine (C=N–C) groups is 1. The first-order chi connectivity index (χ1) is 22.1. The Morgan fingerprint density at radius 1 is 0.826 bits per heavy atom. The highest BCUT2D eigenvalue weighted by Gasteiger charge is 2.31. The summed E-state index contributed by atoms with van der Waals surface area (Å²) < 4.78 is 0. The van der Waals surface area contributed by atoms with Crippen molar-refractivity contribution in [2.45, 2.75) is 75.8 Å². The topological polar surface area (TPSA) is 216 Å². The van der Waals surface area contributed by atoms with Gasteiger partial charge >= 0.3 is 0 Å². The van der Waals surface area contributed by atoms with Gasteiger partial charge in [0.05, 0.1) is 5.92 Å². The number of carbonyl (C=O) groups excluding carboxylic acids is 3. The fraction of sp³-hybridized carbons (Fsp3) is 0.400. The van der Waals surface area contributed by atoms with E-state index in [1.54, 1.807) is 12.1 Å². The fourth-order valence-corrected chi connectivity index (χ4v) is 6.16. The van der Waals surface area contributed by atoms with Crippen LogP contribution in [0.1, 0.15) is 74.0 Å². The molecular weight excluding hydrogens is 580 g/mol. The van der Waals surface area contributed by atoms with E-state index in [9.17, 15) is 14.4 Å². The molecule has 0 spiro atoms. The van der Waals surface area contributed by atoms with E-state index in [4.69, 9.17) is 28.3 Å². The number of guanidine groups is 1. The van der Waals surface area contributed by atoms with Crippen LogP contribution in [-0.4, -0.2) is 48.1 Å². The van der Waals surface area contributed by atoms with Crippen LogP contribution in [0, 0.1) is 11.3 Å². The number of nitrogens with zero attached hydrogens (tertiary/aromatic N) is 1. The predicted molar refractivity (Wildman–Crippen MR) is 182 cm³/mol. The predicted octanol–water partition coefficient (Wildman–Crippen LogP) is 2.93. The van der Waals surface area contributed by atoms with Crippen molar-refractivity contribution in [2.24, 2.45) is 33.8 Å². The highest BCUT2D eigenvalue weighted by Crippen LogP contribution is 2.29. The molecule has 3 amide bonds. The third-order valence-corrected chi connectivity index (χ3v) is 8.73. The van der Waals surface area contributed by atoms with Crippen molar-refractivity contribution in [3.8, 4) is 0 Å². The van der Waals surface area contributed by atoms with E-state index in [0.29, 0.717) is 31.4 Å². The summed E-state index contributed by atoms with van der Waals surface area (Å²) in [5.74, 6) is -1.80. The summed E-state index contributed by atoms with van der Waals surface area (Å²) in [6.07, 6.45) is 6.82. The summed E-state index contributed by atoms with van der Waals surface area (Å²) in [7, 11) is 0. The molecule has 1 aliphatic rings. The smallest absolute Gasteiger partial charge is 0.243 e. The molecule has 3 aromatic carbocycles. The van der Waals surface area contributed by atoms with E-state index < -0.39 is 29.8 Å². The summed E-state index contributed by atoms with van der Waals surface area (Å²) in [4.78, 5) is 44.2. The van der Waals surface area contributed by atoms with Crippen molar-refractivity contribution in [2.75, 3.05) is 6.54 Å². The molecule has 11 nitrogen and oxygen atoms in total. The van der Waals surface area contributed by atoms with Crippen LogP contribution in [-0.2, 0) is 20.8 Å². The minimum atomic E-state index is -0.927. The van der Waals surface area contributed by atoms with Gasteiger partial charge in [-0.1, -0.05) is 98.8 Å². The Bertz CT molecular complexity index is 1540. The van der Waals surface area contributed by atoms with Crippen molar-refractivity contribution in [1.29, 1.82) is 5.41 Å². The van der Waals surface area contributed by atoms with Gasteiger partial charge in [0.25, 0.3) is 0 Å². The minimum Gasteiger partial charge on any atom is -0.384 e. The molecule has 0 radical (unpaired) electrons. The molecule has 1 fully saturated rings. The third-order valence-electron chi connectivity index (χ3n) is 8.73. The van der Waals surface area contributed by atoms with E-state index in [1.165, 1.54) is 0 Å². The lowest BCUT2D eigenvalue weighted by atomic mass is 9.84. The minimum absolute atomic E-state index is 0.0301. The molecular formula is C35H46N8O3. The fourth-order valence-electron chi connectivity index (χ4n) is 6.16. The third kappa shape index (κ3) is 9.79. The van der Waals surface area contributed by atoms with Crippen LogP contribution in [0.5, 0.6) is 0 Å². The van der Waals surface area contributed by atoms with Gasteiger partial charge in [0.15, 0.2) is 5.96 Å². The number of primary amides is 1. The molecule has 11 N–H and O–H groups in total. The lowest BCUT2D eigenvalue weighted by Gasteiger charge is -2.29.